The van der Waals surface area contributed by atoms with Crippen LogP contribution in [0.5, 0.6) is 0 Å². The van der Waals surface area contributed by atoms with Crippen LogP contribution in [0.2, 0.25) is 0 Å². The van der Waals surface area contributed by atoms with E-state index in [-0.39, 0.29) is 18.4 Å². The summed E-state index contributed by atoms with van der Waals surface area (Å²) >= 11 is 0. The van der Waals surface area contributed by atoms with Gasteiger partial charge in [-0.2, -0.15) is 0 Å². The van der Waals surface area contributed by atoms with Gasteiger partial charge in [0.25, 0.3) is 23.6 Å². The van der Waals surface area contributed by atoms with Crippen LogP contribution in [-0.2, 0) is 6.42 Å². The van der Waals surface area contributed by atoms with Crippen LogP contribution in [0, 0.1) is 6.92 Å². The van der Waals surface area contributed by atoms with Gasteiger partial charge in [-0.3, -0.25) is 24.1 Å². The topological polar surface area (TPSA) is 95.0 Å². The zero-order valence-corrected chi connectivity index (χ0v) is 24.5. The number of carbonyl (C=O) groups is 4. The molecule has 1 atom stereocenters. The number of aliphatic hydroxyl groups is 1. The van der Waals surface area contributed by atoms with E-state index in [1.54, 1.807) is 24.3 Å². The van der Waals surface area contributed by atoms with Gasteiger partial charge in [-0.05, 0) is 87.5 Å². The average molecular weight is 581 g/mol. The molecule has 6 aromatic carbocycles. The highest BCUT2D eigenvalue weighted by atomic mass is 16.3. The first kappa shape index (κ1) is 26.5. The predicted octanol–water partition coefficient (Wildman–Crippen LogP) is 6.78. The highest BCUT2D eigenvalue weighted by Gasteiger charge is 2.39. The summed E-state index contributed by atoms with van der Waals surface area (Å²) in [6, 6.07) is 19.9. The van der Waals surface area contributed by atoms with E-state index in [0.717, 1.165) is 43.4 Å². The zero-order valence-electron chi connectivity index (χ0n) is 24.5. The molecule has 8 rings (SSSR count). The van der Waals surface area contributed by atoms with E-state index in [1.165, 1.54) is 9.80 Å². The van der Waals surface area contributed by atoms with Crippen molar-refractivity contribution in [3.63, 3.8) is 0 Å². The summed E-state index contributed by atoms with van der Waals surface area (Å²) in [6.07, 6.45) is 1.13. The summed E-state index contributed by atoms with van der Waals surface area (Å²) in [5.41, 5.74) is 4.22. The molecule has 2 heterocycles. The second-order valence-corrected chi connectivity index (χ2v) is 11.7. The number of amides is 4. The van der Waals surface area contributed by atoms with Gasteiger partial charge in [-0.15, -0.1) is 0 Å². The molecule has 4 amide bonds. The number of para-hydroxylation sites is 1. The second kappa shape index (κ2) is 9.18. The maximum Gasteiger partial charge on any atom is 0.266 e. The number of hydrogen-bond acceptors (Lipinski definition) is 5. The van der Waals surface area contributed by atoms with Gasteiger partial charge in [0.2, 0.25) is 0 Å². The van der Waals surface area contributed by atoms with Gasteiger partial charge in [-0.25, -0.2) is 4.90 Å². The van der Waals surface area contributed by atoms with E-state index < -0.39 is 17.9 Å². The molecule has 44 heavy (non-hydrogen) atoms. The number of benzene rings is 6. The second-order valence-electron chi connectivity index (χ2n) is 11.7. The molecule has 0 fully saturated rings. The average Bonchev–Trinajstić information content (AvgIpc) is 3.04. The summed E-state index contributed by atoms with van der Waals surface area (Å²) in [7, 11) is 0. The normalized spacial score (nSPS) is 15.5. The molecule has 7 heteroatoms. The Morgan fingerprint density at radius 2 is 1.07 bits per heavy atom. The first-order chi connectivity index (χ1) is 21.3. The number of rotatable bonds is 5. The third-order valence-corrected chi connectivity index (χ3v) is 9.64. The molecule has 1 unspecified atom stereocenters. The van der Waals surface area contributed by atoms with Crippen LogP contribution in [0.3, 0.4) is 0 Å². The Labute approximate surface area is 252 Å². The minimum absolute atomic E-state index is 0.304. The molecule has 2 aliphatic heterocycles. The zero-order chi connectivity index (χ0) is 30.6. The molecule has 7 nitrogen and oxygen atoms in total. The summed E-state index contributed by atoms with van der Waals surface area (Å²) in [4.78, 5) is 58.2. The van der Waals surface area contributed by atoms with E-state index in [0.29, 0.717) is 51.6 Å². The van der Waals surface area contributed by atoms with E-state index in [2.05, 4.69) is 0 Å². The fraction of sp³-hybridized carbons (Fsp3) is 0.189. The Balaban J connectivity index is 1.42. The Hall–Kier alpha value is -5.14. The lowest BCUT2D eigenvalue weighted by atomic mass is 9.82. The SMILES string of the molecule is CCc1cccc(C)c1N1C(=O)c2ccc3c4ccc5c6c(ccc(c7ccc(c2c37)C1=O)c64)C(=O)N(C(CC)CO)C5=O. The van der Waals surface area contributed by atoms with Crippen LogP contribution in [0.15, 0.2) is 66.7 Å². The van der Waals surface area contributed by atoms with E-state index in [9.17, 15) is 24.3 Å². The Kier molecular flexibility index (Phi) is 5.53. The maximum absolute atomic E-state index is 14.2. The van der Waals surface area contributed by atoms with Crippen molar-refractivity contribution in [1.82, 2.24) is 4.90 Å². The summed E-state index contributed by atoms with van der Waals surface area (Å²) < 4.78 is 0. The Morgan fingerprint density at radius 1 is 0.614 bits per heavy atom. The van der Waals surface area contributed by atoms with Gasteiger partial charge >= 0.3 is 0 Å². The van der Waals surface area contributed by atoms with Crippen molar-refractivity contribution < 1.29 is 24.3 Å². The molecule has 0 saturated heterocycles. The van der Waals surface area contributed by atoms with Gasteiger partial charge < -0.3 is 5.11 Å². The van der Waals surface area contributed by atoms with Crippen LogP contribution < -0.4 is 4.90 Å². The predicted molar refractivity (Wildman–Crippen MR) is 171 cm³/mol. The highest BCUT2D eigenvalue weighted by Crippen LogP contribution is 2.47. The van der Waals surface area contributed by atoms with Crippen molar-refractivity contribution in [2.45, 2.75) is 39.7 Å². The van der Waals surface area contributed by atoms with Crippen LogP contribution in [0.4, 0.5) is 5.69 Å². The first-order valence-corrected chi connectivity index (χ1v) is 15.0. The fourth-order valence-electron chi connectivity index (χ4n) is 7.54. The lowest BCUT2D eigenvalue weighted by Gasteiger charge is -2.33. The standard InChI is InChI=1S/C37H28N2O5/c1-4-19-8-6-7-18(3)33(19)39-36(43)27-15-11-23-21-9-13-25-31-26(35(42)38(34(25)41)20(5-2)17-40)14-10-22(29(21)31)24-12-16-28(37(39)44)32(27)30(23)24/h6-16,20,40H,4-5,17H2,1-3H3. The van der Waals surface area contributed by atoms with E-state index >= 15 is 0 Å². The summed E-state index contributed by atoms with van der Waals surface area (Å²) in [5.74, 6) is -1.53. The molecular weight excluding hydrogens is 552 g/mol. The van der Waals surface area contributed by atoms with Crippen molar-refractivity contribution in [2.75, 3.05) is 11.5 Å². The Bertz CT molecular complexity index is 2180. The minimum Gasteiger partial charge on any atom is -0.394 e. The highest BCUT2D eigenvalue weighted by molar-refractivity contribution is 6.43. The molecule has 0 aliphatic carbocycles. The molecule has 0 aromatic heterocycles. The number of imide groups is 2. The number of aliphatic hydroxyl groups excluding tert-OH is 1. The fourth-order valence-corrected chi connectivity index (χ4v) is 7.54. The molecule has 216 valence electrons. The minimum atomic E-state index is -0.606. The molecule has 1 N–H and O–H groups in total. The largest absolute Gasteiger partial charge is 0.394 e. The lowest BCUT2D eigenvalue weighted by Crippen LogP contribution is -2.48. The van der Waals surface area contributed by atoms with Crippen LogP contribution >= 0.6 is 0 Å². The molecule has 2 aliphatic rings. The lowest BCUT2D eigenvalue weighted by molar-refractivity contribution is 0.0465. The number of carbonyl (C=O) groups excluding carboxylic acids is 4. The summed E-state index contributed by atoms with van der Waals surface area (Å²) in [5, 5.41) is 16.1. The molecule has 0 spiro atoms. The van der Waals surface area contributed by atoms with Gasteiger partial charge in [0.15, 0.2) is 0 Å². The third-order valence-electron chi connectivity index (χ3n) is 9.64. The van der Waals surface area contributed by atoms with Gasteiger partial charge in [0, 0.05) is 33.0 Å². The van der Waals surface area contributed by atoms with Gasteiger partial charge in [0.1, 0.15) is 0 Å². The number of anilines is 1. The van der Waals surface area contributed by atoms with Crippen LogP contribution in [-0.4, -0.2) is 46.3 Å². The van der Waals surface area contributed by atoms with Crippen molar-refractivity contribution in [2.24, 2.45) is 0 Å². The van der Waals surface area contributed by atoms with E-state index in [1.807, 2.05) is 63.2 Å². The first-order valence-electron chi connectivity index (χ1n) is 15.0. The molecule has 0 bridgehead atoms. The molecule has 0 saturated carbocycles. The third kappa shape index (κ3) is 3.14. The smallest absolute Gasteiger partial charge is 0.266 e. The van der Waals surface area contributed by atoms with Crippen molar-refractivity contribution in [3.8, 4) is 0 Å². The Morgan fingerprint density at radius 3 is 1.48 bits per heavy atom. The monoisotopic (exact) mass is 580 g/mol. The summed E-state index contributed by atoms with van der Waals surface area (Å²) in [6.45, 7) is 5.46. The number of hydrogen-bond donors (Lipinski definition) is 1. The number of aryl methyl sites for hydroxylation is 2. The maximum atomic E-state index is 14.2. The molecular formula is C37H28N2O5. The molecule has 6 aromatic rings. The van der Waals surface area contributed by atoms with Gasteiger partial charge in [0.05, 0.1) is 18.3 Å². The van der Waals surface area contributed by atoms with Crippen molar-refractivity contribution >= 4 is 72.4 Å². The van der Waals surface area contributed by atoms with Crippen molar-refractivity contribution in [3.05, 3.63) is 100 Å². The quantitative estimate of drug-likeness (QED) is 0.138. The van der Waals surface area contributed by atoms with Crippen LogP contribution in [0.1, 0.15) is 72.8 Å². The number of fused-ring (bicyclic) bond motifs is 2. The number of nitrogens with zero attached hydrogens (tertiary/aromatic N) is 2. The van der Waals surface area contributed by atoms with Gasteiger partial charge in [-0.1, -0.05) is 56.3 Å². The van der Waals surface area contributed by atoms with E-state index in [4.69, 9.17) is 0 Å². The van der Waals surface area contributed by atoms with Crippen LogP contribution in [0.25, 0.3) is 43.1 Å². The molecule has 0 radical (unpaired) electrons. The van der Waals surface area contributed by atoms with Crippen molar-refractivity contribution in [1.29, 1.82) is 0 Å².